The zero-order valence-electron chi connectivity index (χ0n) is 9.19. The van der Waals surface area contributed by atoms with Crippen molar-refractivity contribution >= 4 is 0 Å². The molecule has 1 fully saturated rings. The van der Waals surface area contributed by atoms with E-state index in [9.17, 15) is 0 Å². The lowest BCUT2D eigenvalue weighted by Crippen LogP contribution is -2.35. The third-order valence-corrected chi connectivity index (χ3v) is 2.79. The second-order valence-electron chi connectivity index (χ2n) is 4.21. The van der Waals surface area contributed by atoms with Crippen LogP contribution in [0.2, 0.25) is 0 Å². The quantitative estimate of drug-likeness (QED) is 0.791. The lowest BCUT2D eigenvalue weighted by molar-refractivity contribution is 0.126. The van der Waals surface area contributed by atoms with Crippen molar-refractivity contribution in [3.63, 3.8) is 0 Å². The van der Waals surface area contributed by atoms with Crippen LogP contribution in [0.4, 0.5) is 0 Å². The van der Waals surface area contributed by atoms with Gasteiger partial charge in [-0.25, -0.2) is 0 Å². The van der Waals surface area contributed by atoms with E-state index >= 15 is 0 Å². The maximum atomic E-state index is 6.15. The van der Waals surface area contributed by atoms with Crippen LogP contribution < -0.4 is 5.73 Å². The first-order valence-electron chi connectivity index (χ1n) is 5.34. The molecule has 0 saturated heterocycles. The maximum Gasteiger partial charge on any atom is 0.246 e. The molecule has 1 heterocycles. The van der Waals surface area contributed by atoms with Crippen LogP contribution in [0.1, 0.15) is 38.4 Å². The predicted molar refractivity (Wildman–Crippen MR) is 53.9 cm³/mol. The number of hydrogen-bond donors (Lipinski definition) is 1. The van der Waals surface area contributed by atoms with Gasteiger partial charge in [-0.1, -0.05) is 5.16 Å². The summed E-state index contributed by atoms with van der Waals surface area (Å²) >= 11 is 0. The molecule has 2 N–H and O–H groups in total. The van der Waals surface area contributed by atoms with Crippen molar-refractivity contribution in [2.45, 2.75) is 38.8 Å². The van der Waals surface area contributed by atoms with Crippen LogP contribution in [-0.4, -0.2) is 16.7 Å². The van der Waals surface area contributed by atoms with Crippen LogP contribution in [0.5, 0.6) is 0 Å². The van der Waals surface area contributed by atoms with E-state index in [0.29, 0.717) is 30.8 Å². The van der Waals surface area contributed by atoms with Crippen LogP contribution in [0.25, 0.3) is 0 Å². The molecule has 5 nitrogen and oxygen atoms in total. The van der Waals surface area contributed by atoms with Gasteiger partial charge in [0.15, 0.2) is 5.82 Å². The van der Waals surface area contributed by atoms with Gasteiger partial charge in [0.2, 0.25) is 5.89 Å². The second kappa shape index (κ2) is 3.90. The molecule has 15 heavy (non-hydrogen) atoms. The summed E-state index contributed by atoms with van der Waals surface area (Å²) in [4.78, 5) is 4.25. The Kier molecular flexibility index (Phi) is 2.75. The topological polar surface area (TPSA) is 74.2 Å². The molecule has 1 atom stereocenters. The highest BCUT2D eigenvalue weighted by Gasteiger charge is 2.43. The highest BCUT2D eigenvalue weighted by Crippen LogP contribution is 2.43. The fraction of sp³-hybridized carbons (Fsp3) is 0.800. The molecule has 0 amide bonds. The molecule has 1 saturated carbocycles. The van der Waals surface area contributed by atoms with E-state index in [-0.39, 0.29) is 0 Å². The lowest BCUT2D eigenvalue weighted by atomic mass is 9.97. The molecule has 0 spiro atoms. The normalized spacial score (nSPS) is 20.2. The van der Waals surface area contributed by atoms with Crippen LogP contribution >= 0.6 is 0 Å². The summed E-state index contributed by atoms with van der Waals surface area (Å²) in [6.07, 6.45) is 2.30. The number of nitrogens with two attached hydrogens (primary N) is 1. The highest BCUT2D eigenvalue weighted by atomic mass is 16.5. The van der Waals surface area contributed by atoms with Gasteiger partial charge in [0.05, 0.1) is 5.54 Å². The molecule has 1 aliphatic rings. The van der Waals surface area contributed by atoms with Gasteiger partial charge >= 0.3 is 0 Å². The Morgan fingerprint density at radius 2 is 2.33 bits per heavy atom. The SMILES string of the molecule is CCOCc1noc(C(C)(N)C2CC2)n1. The Hall–Kier alpha value is -0.940. The number of aromatic nitrogens is 2. The first-order chi connectivity index (χ1) is 7.14. The van der Waals surface area contributed by atoms with Crippen molar-refractivity contribution in [3.05, 3.63) is 11.7 Å². The molecule has 0 aliphatic heterocycles. The average Bonchev–Trinajstić information content (AvgIpc) is 2.95. The Morgan fingerprint density at radius 3 is 2.93 bits per heavy atom. The monoisotopic (exact) mass is 211 g/mol. The van der Waals surface area contributed by atoms with Gasteiger partial charge in [-0.2, -0.15) is 4.98 Å². The van der Waals surface area contributed by atoms with E-state index in [0.717, 1.165) is 12.8 Å². The van der Waals surface area contributed by atoms with E-state index in [1.807, 2.05) is 13.8 Å². The summed E-state index contributed by atoms with van der Waals surface area (Å²) in [5, 5.41) is 3.84. The number of rotatable bonds is 5. The Balaban J connectivity index is 2.05. The predicted octanol–water partition coefficient (Wildman–Crippen LogP) is 1.19. The minimum absolute atomic E-state index is 0.390. The van der Waals surface area contributed by atoms with Gasteiger partial charge in [-0.05, 0) is 32.6 Å². The molecule has 1 aliphatic carbocycles. The summed E-state index contributed by atoms with van der Waals surface area (Å²) in [5.74, 6) is 1.58. The van der Waals surface area contributed by atoms with Crippen molar-refractivity contribution in [2.24, 2.45) is 11.7 Å². The van der Waals surface area contributed by atoms with Gasteiger partial charge in [0, 0.05) is 6.61 Å². The maximum absolute atomic E-state index is 6.15. The fourth-order valence-corrected chi connectivity index (χ4v) is 1.58. The summed E-state index contributed by atoms with van der Waals surface area (Å²) < 4.78 is 10.4. The molecule has 1 unspecified atom stereocenters. The summed E-state index contributed by atoms with van der Waals surface area (Å²) in [6, 6.07) is 0. The largest absolute Gasteiger partial charge is 0.374 e. The van der Waals surface area contributed by atoms with E-state index in [2.05, 4.69) is 10.1 Å². The summed E-state index contributed by atoms with van der Waals surface area (Å²) in [7, 11) is 0. The van der Waals surface area contributed by atoms with Crippen molar-refractivity contribution in [1.29, 1.82) is 0 Å². The minimum Gasteiger partial charge on any atom is -0.374 e. The average molecular weight is 211 g/mol. The fourth-order valence-electron chi connectivity index (χ4n) is 1.58. The van der Waals surface area contributed by atoms with Crippen LogP contribution in [-0.2, 0) is 16.9 Å². The molecule has 2 rings (SSSR count). The van der Waals surface area contributed by atoms with Crippen molar-refractivity contribution in [2.75, 3.05) is 6.61 Å². The molecule has 84 valence electrons. The van der Waals surface area contributed by atoms with E-state index in [1.165, 1.54) is 0 Å². The van der Waals surface area contributed by atoms with E-state index < -0.39 is 5.54 Å². The van der Waals surface area contributed by atoms with Gasteiger partial charge in [-0.15, -0.1) is 0 Å². The van der Waals surface area contributed by atoms with E-state index in [4.69, 9.17) is 15.0 Å². The third kappa shape index (κ3) is 2.18. The molecule has 5 heteroatoms. The zero-order chi connectivity index (χ0) is 10.9. The van der Waals surface area contributed by atoms with Gasteiger partial charge in [-0.3, -0.25) is 0 Å². The summed E-state index contributed by atoms with van der Waals surface area (Å²) in [6.45, 7) is 4.91. The standard InChI is InChI=1S/C10H17N3O2/c1-3-14-6-8-12-9(15-13-8)10(2,11)7-4-5-7/h7H,3-6,11H2,1-2H3. The van der Waals surface area contributed by atoms with Crippen LogP contribution in [0, 0.1) is 5.92 Å². The molecule has 1 aromatic heterocycles. The van der Waals surface area contributed by atoms with Crippen molar-refractivity contribution in [3.8, 4) is 0 Å². The third-order valence-electron chi connectivity index (χ3n) is 2.79. The zero-order valence-corrected chi connectivity index (χ0v) is 9.19. The Labute approximate surface area is 89.0 Å². The van der Waals surface area contributed by atoms with Gasteiger partial charge in [0.1, 0.15) is 6.61 Å². The smallest absolute Gasteiger partial charge is 0.246 e. The van der Waals surface area contributed by atoms with Crippen LogP contribution in [0.3, 0.4) is 0 Å². The number of nitrogens with zero attached hydrogens (tertiary/aromatic N) is 2. The Morgan fingerprint density at radius 1 is 1.60 bits per heavy atom. The number of hydrogen-bond acceptors (Lipinski definition) is 5. The molecular formula is C10H17N3O2. The first-order valence-corrected chi connectivity index (χ1v) is 5.34. The molecule has 0 bridgehead atoms. The molecule has 1 aromatic rings. The van der Waals surface area contributed by atoms with Crippen molar-refractivity contribution < 1.29 is 9.26 Å². The number of ether oxygens (including phenoxy) is 1. The second-order valence-corrected chi connectivity index (χ2v) is 4.21. The summed E-state index contributed by atoms with van der Waals surface area (Å²) in [5.41, 5.74) is 5.67. The first kappa shape index (κ1) is 10.6. The minimum atomic E-state index is -0.475. The van der Waals surface area contributed by atoms with E-state index in [1.54, 1.807) is 0 Å². The van der Waals surface area contributed by atoms with Gasteiger partial charge in [0.25, 0.3) is 0 Å². The molecule has 0 radical (unpaired) electrons. The Bertz CT molecular complexity index is 331. The molecular weight excluding hydrogens is 194 g/mol. The van der Waals surface area contributed by atoms with Crippen molar-refractivity contribution in [1.82, 2.24) is 10.1 Å². The van der Waals surface area contributed by atoms with Crippen LogP contribution in [0.15, 0.2) is 4.52 Å². The van der Waals surface area contributed by atoms with Gasteiger partial charge < -0.3 is 15.0 Å². The lowest BCUT2D eigenvalue weighted by Gasteiger charge is -2.18. The highest BCUT2D eigenvalue weighted by molar-refractivity contribution is 5.07. The molecule has 0 aromatic carbocycles.